The lowest BCUT2D eigenvalue weighted by molar-refractivity contribution is 0.324. The van der Waals surface area contributed by atoms with Crippen LogP contribution in [0.25, 0.3) is 0 Å². The van der Waals surface area contributed by atoms with Crippen LogP contribution < -0.4 is 5.73 Å². The van der Waals surface area contributed by atoms with Crippen LogP contribution in [-0.4, -0.2) is 36.0 Å². The third-order valence-electron chi connectivity index (χ3n) is 3.25. The summed E-state index contributed by atoms with van der Waals surface area (Å²) >= 11 is 1.95. The molecule has 0 fully saturated rings. The van der Waals surface area contributed by atoms with Gasteiger partial charge >= 0.3 is 0 Å². The van der Waals surface area contributed by atoms with Gasteiger partial charge in [0.1, 0.15) is 0 Å². The standard InChI is InChI=1S/C15H26N2S/c1-4-17(5-2)10-11-18-12-15(16)14-8-6-13(3)7-9-14/h6-9,15H,4-5,10-12,16H2,1-3H3. The first-order valence-electron chi connectivity index (χ1n) is 6.79. The molecule has 3 heteroatoms. The first kappa shape index (κ1) is 15.5. The van der Waals surface area contributed by atoms with Crippen molar-refractivity contribution in [3.63, 3.8) is 0 Å². The van der Waals surface area contributed by atoms with Gasteiger partial charge in [0.15, 0.2) is 0 Å². The van der Waals surface area contributed by atoms with Crippen LogP contribution in [0.3, 0.4) is 0 Å². The van der Waals surface area contributed by atoms with Crippen LogP contribution in [0, 0.1) is 6.92 Å². The molecule has 2 N–H and O–H groups in total. The fourth-order valence-corrected chi connectivity index (χ4v) is 2.85. The largest absolute Gasteiger partial charge is 0.323 e. The third kappa shape index (κ3) is 5.42. The number of nitrogens with zero attached hydrogens (tertiary/aromatic N) is 1. The maximum Gasteiger partial charge on any atom is 0.0386 e. The van der Waals surface area contributed by atoms with E-state index in [9.17, 15) is 0 Å². The van der Waals surface area contributed by atoms with Gasteiger partial charge in [-0.15, -0.1) is 0 Å². The second-order valence-corrected chi connectivity index (χ2v) is 5.77. The van der Waals surface area contributed by atoms with Gasteiger partial charge in [-0.05, 0) is 25.6 Å². The lowest BCUT2D eigenvalue weighted by Crippen LogP contribution is -2.25. The highest BCUT2D eigenvalue weighted by atomic mass is 32.2. The lowest BCUT2D eigenvalue weighted by atomic mass is 10.1. The van der Waals surface area contributed by atoms with Crippen molar-refractivity contribution in [2.75, 3.05) is 31.1 Å². The lowest BCUT2D eigenvalue weighted by Gasteiger charge is -2.18. The van der Waals surface area contributed by atoms with Crippen molar-refractivity contribution < 1.29 is 0 Å². The van der Waals surface area contributed by atoms with Crippen LogP contribution in [0.2, 0.25) is 0 Å². The Morgan fingerprint density at radius 3 is 2.33 bits per heavy atom. The summed E-state index contributed by atoms with van der Waals surface area (Å²) < 4.78 is 0. The van der Waals surface area contributed by atoms with E-state index in [1.165, 1.54) is 16.9 Å². The zero-order valence-corrected chi connectivity index (χ0v) is 12.7. The Morgan fingerprint density at radius 2 is 1.78 bits per heavy atom. The SMILES string of the molecule is CCN(CC)CCSCC(N)c1ccc(C)cc1. The maximum atomic E-state index is 6.19. The molecule has 18 heavy (non-hydrogen) atoms. The topological polar surface area (TPSA) is 29.3 Å². The van der Waals surface area contributed by atoms with Crippen molar-refractivity contribution in [1.29, 1.82) is 0 Å². The normalized spacial score (nSPS) is 12.9. The van der Waals surface area contributed by atoms with Crippen molar-refractivity contribution in [2.45, 2.75) is 26.8 Å². The van der Waals surface area contributed by atoms with Crippen molar-refractivity contribution in [1.82, 2.24) is 4.90 Å². The second kappa shape index (κ2) is 8.57. The van der Waals surface area contributed by atoms with Crippen LogP contribution in [0.5, 0.6) is 0 Å². The zero-order valence-electron chi connectivity index (χ0n) is 11.9. The molecule has 1 aromatic rings. The first-order chi connectivity index (χ1) is 8.67. The van der Waals surface area contributed by atoms with Crippen LogP contribution >= 0.6 is 11.8 Å². The van der Waals surface area contributed by atoms with E-state index in [1.807, 2.05) is 11.8 Å². The molecule has 0 saturated heterocycles. The first-order valence-corrected chi connectivity index (χ1v) is 7.95. The molecule has 2 nitrogen and oxygen atoms in total. The molecule has 0 aliphatic carbocycles. The summed E-state index contributed by atoms with van der Waals surface area (Å²) in [7, 11) is 0. The summed E-state index contributed by atoms with van der Waals surface area (Å²) in [5.41, 5.74) is 8.73. The summed E-state index contributed by atoms with van der Waals surface area (Å²) in [6, 6.07) is 8.72. The summed E-state index contributed by atoms with van der Waals surface area (Å²) in [6.45, 7) is 9.98. The van der Waals surface area contributed by atoms with Gasteiger partial charge < -0.3 is 10.6 Å². The van der Waals surface area contributed by atoms with Gasteiger partial charge in [0.2, 0.25) is 0 Å². The highest BCUT2D eigenvalue weighted by Crippen LogP contribution is 2.16. The van der Waals surface area contributed by atoms with Crippen LogP contribution in [0.1, 0.15) is 31.0 Å². The van der Waals surface area contributed by atoms with Gasteiger partial charge in [-0.25, -0.2) is 0 Å². The number of benzene rings is 1. The highest BCUT2D eigenvalue weighted by Gasteiger charge is 2.06. The minimum atomic E-state index is 0.160. The Bertz CT molecular complexity index is 320. The Labute approximate surface area is 116 Å². The zero-order chi connectivity index (χ0) is 13.4. The van der Waals surface area contributed by atoms with E-state index in [1.54, 1.807) is 0 Å². The number of nitrogens with two attached hydrogens (primary N) is 1. The summed E-state index contributed by atoms with van der Waals surface area (Å²) in [5.74, 6) is 2.17. The summed E-state index contributed by atoms with van der Waals surface area (Å²) in [6.07, 6.45) is 0. The third-order valence-corrected chi connectivity index (χ3v) is 4.32. The van der Waals surface area contributed by atoms with Gasteiger partial charge in [0.05, 0.1) is 0 Å². The molecule has 0 radical (unpaired) electrons. The molecule has 0 bridgehead atoms. The van der Waals surface area contributed by atoms with Gasteiger partial charge in [-0.2, -0.15) is 11.8 Å². The Balaban J connectivity index is 2.25. The molecule has 102 valence electrons. The van der Waals surface area contributed by atoms with Crippen LogP contribution in [0.4, 0.5) is 0 Å². The van der Waals surface area contributed by atoms with Crippen molar-refractivity contribution in [3.8, 4) is 0 Å². The molecule has 1 atom stereocenters. The van der Waals surface area contributed by atoms with E-state index >= 15 is 0 Å². The smallest absolute Gasteiger partial charge is 0.0386 e. The maximum absolute atomic E-state index is 6.19. The number of thioether (sulfide) groups is 1. The molecule has 0 saturated carbocycles. The highest BCUT2D eigenvalue weighted by molar-refractivity contribution is 7.99. The van der Waals surface area contributed by atoms with Crippen molar-refractivity contribution in [3.05, 3.63) is 35.4 Å². The number of aryl methyl sites for hydroxylation is 1. The number of hydrogen-bond donors (Lipinski definition) is 1. The minimum absolute atomic E-state index is 0.160. The van der Waals surface area contributed by atoms with E-state index in [-0.39, 0.29) is 6.04 Å². The van der Waals surface area contributed by atoms with Crippen LogP contribution in [0.15, 0.2) is 24.3 Å². The van der Waals surface area contributed by atoms with E-state index < -0.39 is 0 Å². The second-order valence-electron chi connectivity index (χ2n) is 4.62. The molecule has 0 heterocycles. The molecular weight excluding hydrogens is 240 g/mol. The molecule has 1 unspecified atom stereocenters. The fourth-order valence-electron chi connectivity index (χ4n) is 1.85. The summed E-state index contributed by atoms with van der Waals surface area (Å²) in [4.78, 5) is 2.45. The molecule has 0 amide bonds. The van der Waals surface area contributed by atoms with E-state index in [2.05, 4.69) is 49.9 Å². The average molecular weight is 266 g/mol. The monoisotopic (exact) mass is 266 g/mol. The Morgan fingerprint density at radius 1 is 1.17 bits per heavy atom. The predicted octanol–water partition coefficient (Wildman–Crippen LogP) is 3.07. The molecule has 0 spiro atoms. The molecule has 1 aromatic carbocycles. The van der Waals surface area contributed by atoms with Gasteiger partial charge in [-0.3, -0.25) is 0 Å². The van der Waals surface area contributed by atoms with E-state index in [0.29, 0.717) is 0 Å². The van der Waals surface area contributed by atoms with E-state index in [0.717, 1.165) is 25.4 Å². The van der Waals surface area contributed by atoms with E-state index in [4.69, 9.17) is 5.73 Å². The molecule has 1 rings (SSSR count). The van der Waals surface area contributed by atoms with Gasteiger partial charge in [0, 0.05) is 24.1 Å². The van der Waals surface area contributed by atoms with Gasteiger partial charge in [0.25, 0.3) is 0 Å². The Hall–Kier alpha value is -0.510. The minimum Gasteiger partial charge on any atom is -0.323 e. The van der Waals surface area contributed by atoms with Crippen molar-refractivity contribution in [2.24, 2.45) is 5.73 Å². The molecule has 0 aromatic heterocycles. The van der Waals surface area contributed by atoms with Gasteiger partial charge in [-0.1, -0.05) is 43.7 Å². The number of hydrogen-bond acceptors (Lipinski definition) is 3. The molecule has 0 aliphatic heterocycles. The predicted molar refractivity (Wildman–Crippen MR) is 83.2 cm³/mol. The molecular formula is C15H26N2S. The Kier molecular flexibility index (Phi) is 7.40. The van der Waals surface area contributed by atoms with Crippen LogP contribution in [-0.2, 0) is 0 Å². The average Bonchev–Trinajstić information content (AvgIpc) is 2.39. The fraction of sp³-hybridized carbons (Fsp3) is 0.600. The molecule has 0 aliphatic rings. The quantitative estimate of drug-likeness (QED) is 0.733. The van der Waals surface area contributed by atoms with Crippen molar-refractivity contribution >= 4 is 11.8 Å². The number of rotatable bonds is 8. The summed E-state index contributed by atoms with van der Waals surface area (Å²) in [5, 5.41) is 0.